The maximum Gasteiger partial charge on any atom is 0.247 e. The molecule has 1 unspecified atom stereocenters. The van der Waals surface area contributed by atoms with Crippen LogP contribution in [0.5, 0.6) is 0 Å². The average Bonchev–Trinajstić information content (AvgIpc) is 3.27. The molecule has 1 heterocycles. The predicted molar refractivity (Wildman–Crippen MR) is 127 cm³/mol. The second kappa shape index (κ2) is 10.9. The van der Waals surface area contributed by atoms with Crippen LogP contribution in [0.4, 0.5) is 0 Å². The minimum absolute atomic E-state index is 0.0288. The Balaban J connectivity index is 0.000000968. The molecule has 2 amide bonds. The summed E-state index contributed by atoms with van der Waals surface area (Å²) in [7, 11) is 1.67. The van der Waals surface area contributed by atoms with Gasteiger partial charge in [0.15, 0.2) is 0 Å². The molecule has 0 aliphatic heterocycles. The van der Waals surface area contributed by atoms with E-state index in [1.54, 1.807) is 14.0 Å². The van der Waals surface area contributed by atoms with E-state index in [1.807, 2.05) is 48.5 Å². The van der Waals surface area contributed by atoms with Crippen LogP contribution >= 0.6 is 0 Å². The van der Waals surface area contributed by atoms with E-state index < -0.39 is 0 Å². The number of hydrogen-bond acceptors (Lipinski definition) is 5. The molecule has 0 saturated heterocycles. The lowest BCUT2D eigenvalue weighted by Crippen LogP contribution is -2.26. The van der Waals surface area contributed by atoms with Gasteiger partial charge in [0, 0.05) is 19.5 Å². The van der Waals surface area contributed by atoms with Crippen LogP contribution < -0.4 is 11.1 Å². The van der Waals surface area contributed by atoms with Gasteiger partial charge in [0.2, 0.25) is 24.1 Å². The largest absolute Gasteiger partial charge is 0.421 e. The third-order valence-corrected chi connectivity index (χ3v) is 5.21. The number of primary amides is 1. The molecule has 3 aromatic carbocycles. The molecular weight excluding hydrogens is 416 g/mol. The third-order valence-electron chi connectivity index (χ3n) is 5.21. The Labute approximate surface area is 192 Å². The van der Waals surface area contributed by atoms with Crippen molar-refractivity contribution < 1.29 is 14.0 Å². The summed E-state index contributed by atoms with van der Waals surface area (Å²) in [4.78, 5) is 21.2. The summed E-state index contributed by atoms with van der Waals surface area (Å²) in [6.45, 7) is 3.85. The minimum Gasteiger partial charge on any atom is -0.421 e. The number of aromatic nitrogens is 2. The van der Waals surface area contributed by atoms with Gasteiger partial charge in [0.1, 0.15) is 0 Å². The Morgan fingerprint density at radius 3 is 2.12 bits per heavy atom. The molecule has 0 radical (unpaired) electrons. The zero-order valence-electron chi connectivity index (χ0n) is 18.8. The summed E-state index contributed by atoms with van der Waals surface area (Å²) < 4.78 is 5.57. The normalized spacial score (nSPS) is 11.1. The number of carbonyl (C=O) groups excluding carboxylic acids is 2. The van der Waals surface area contributed by atoms with Crippen molar-refractivity contribution in [2.24, 2.45) is 5.73 Å². The maximum absolute atomic E-state index is 12.6. The summed E-state index contributed by atoms with van der Waals surface area (Å²) in [6, 6.07) is 24.1. The lowest BCUT2D eigenvalue weighted by atomic mass is 9.89. The van der Waals surface area contributed by atoms with Gasteiger partial charge in [-0.05, 0) is 46.9 Å². The van der Waals surface area contributed by atoms with Crippen LogP contribution in [0, 0.1) is 13.8 Å². The van der Waals surface area contributed by atoms with Crippen LogP contribution in [0.2, 0.25) is 0 Å². The highest BCUT2D eigenvalue weighted by Crippen LogP contribution is 2.31. The highest BCUT2D eigenvalue weighted by atomic mass is 16.4. The maximum atomic E-state index is 12.6. The fourth-order valence-electron chi connectivity index (χ4n) is 3.62. The van der Waals surface area contributed by atoms with Gasteiger partial charge in [-0.1, -0.05) is 60.7 Å². The van der Waals surface area contributed by atoms with Crippen molar-refractivity contribution in [3.8, 4) is 22.6 Å². The fraction of sp³-hybridized carbons (Fsp3) is 0.154. The van der Waals surface area contributed by atoms with E-state index in [2.05, 4.69) is 52.4 Å². The minimum atomic E-state index is -0.348. The van der Waals surface area contributed by atoms with Gasteiger partial charge in [0.05, 0.1) is 5.92 Å². The highest BCUT2D eigenvalue weighted by molar-refractivity contribution is 5.87. The van der Waals surface area contributed by atoms with Crippen LogP contribution in [0.1, 0.15) is 28.5 Å². The second-order valence-corrected chi connectivity index (χ2v) is 7.37. The Morgan fingerprint density at radius 2 is 1.55 bits per heavy atom. The molecule has 33 heavy (non-hydrogen) atoms. The number of hydrogen-bond donors (Lipinski definition) is 2. The van der Waals surface area contributed by atoms with E-state index in [9.17, 15) is 4.79 Å². The molecule has 1 aromatic heterocycles. The first kappa shape index (κ1) is 23.4. The van der Waals surface area contributed by atoms with E-state index in [0.29, 0.717) is 11.8 Å². The van der Waals surface area contributed by atoms with Crippen LogP contribution in [-0.4, -0.2) is 29.6 Å². The average molecular weight is 443 g/mol. The highest BCUT2D eigenvalue weighted by Gasteiger charge is 2.21. The Kier molecular flexibility index (Phi) is 7.70. The summed E-state index contributed by atoms with van der Waals surface area (Å²) in [5.41, 5.74) is 10.3. The number of nitrogens with zero attached hydrogens (tertiary/aromatic N) is 2. The van der Waals surface area contributed by atoms with Gasteiger partial charge in [-0.25, -0.2) is 0 Å². The van der Waals surface area contributed by atoms with Crippen molar-refractivity contribution in [3.05, 3.63) is 95.4 Å². The standard InChI is InChI=1S/C25H23N3O2.CH3NO/c1-16-9-10-21(25-28-27-17(2)30-25)15-22(16)18-11-13-20(14-12-18)23(24(29)26-3)19-7-5-4-6-8-19;2-1-3/h4-15,23H,1-3H3,(H,26,29);1H,(H2,2,3). The molecule has 0 saturated carbocycles. The quantitative estimate of drug-likeness (QED) is 0.454. The molecule has 0 aliphatic rings. The fourth-order valence-corrected chi connectivity index (χ4v) is 3.62. The van der Waals surface area contributed by atoms with Crippen molar-refractivity contribution in [1.29, 1.82) is 0 Å². The lowest BCUT2D eigenvalue weighted by Gasteiger charge is -2.17. The van der Waals surface area contributed by atoms with Gasteiger partial charge >= 0.3 is 0 Å². The lowest BCUT2D eigenvalue weighted by molar-refractivity contribution is -0.121. The van der Waals surface area contributed by atoms with Crippen molar-refractivity contribution in [1.82, 2.24) is 15.5 Å². The van der Waals surface area contributed by atoms with Crippen molar-refractivity contribution in [3.63, 3.8) is 0 Å². The molecule has 0 aliphatic carbocycles. The number of carbonyl (C=O) groups is 2. The molecule has 168 valence electrons. The van der Waals surface area contributed by atoms with Crippen LogP contribution in [-0.2, 0) is 9.59 Å². The van der Waals surface area contributed by atoms with E-state index in [4.69, 9.17) is 9.21 Å². The van der Waals surface area contributed by atoms with Gasteiger partial charge < -0.3 is 15.5 Å². The van der Waals surface area contributed by atoms with E-state index in [-0.39, 0.29) is 18.2 Å². The molecule has 0 spiro atoms. The number of rotatable bonds is 5. The Hall–Kier alpha value is -4.26. The number of nitrogens with two attached hydrogens (primary N) is 1. The van der Waals surface area contributed by atoms with Crippen LogP contribution in [0.3, 0.4) is 0 Å². The zero-order valence-corrected chi connectivity index (χ0v) is 18.8. The molecule has 0 bridgehead atoms. The van der Waals surface area contributed by atoms with Crippen molar-refractivity contribution >= 4 is 12.3 Å². The Bertz CT molecular complexity index is 1220. The first-order chi connectivity index (χ1) is 16.0. The molecule has 0 fully saturated rings. The molecule has 4 rings (SSSR count). The topological polar surface area (TPSA) is 111 Å². The SMILES string of the molecule is CNC(=O)C(c1ccccc1)c1ccc(-c2cc(-c3nnc(C)o3)ccc2C)cc1.NC=O. The van der Waals surface area contributed by atoms with Crippen molar-refractivity contribution in [2.75, 3.05) is 7.05 Å². The number of likely N-dealkylation sites (N-methyl/N-ethyl adjacent to an activating group) is 1. The zero-order chi connectivity index (χ0) is 23.8. The molecule has 7 nitrogen and oxygen atoms in total. The third kappa shape index (κ3) is 5.51. The summed E-state index contributed by atoms with van der Waals surface area (Å²) in [6.07, 6.45) is 0.250. The molecule has 3 N–H and O–H groups in total. The second-order valence-electron chi connectivity index (χ2n) is 7.37. The number of aryl methyl sites for hydroxylation is 2. The molecule has 1 atom stereocenters. The van der Waals surface area contributed by atoms with Gasteiger partial charge in [-0.3, -0.25) is 9.59 Å². The van der Waals surface area contributed by atoms with E-state index >= 15 is 0 Å². The molecule has 4 aromatic rings. The first-order valence-corrected chi connectivity index (χ1v) is 10.4. The number of benzene rings is 3. The van der Waals surface area contributed by atoms with Crippen LogP contribution in [0.15, 0.2) is 77.2 Å². The predicted octanol–water partition coefficient (Wildman–Crippen LogP) is 4.00. The summed E-state index contributed by atoms with van der Waals surface area (Å²) in [5, 5.41) is 10.8. The van der Waals surface area contributed by atoms with E-state index in [1.165, 1.54) is 0 Å². The first-order valence-electron chi connectivity index (χ1n) is 10.4. The van der Waals surface area contributed by atoms with Crippen molar-refractivity contribution in [2.45, 2.75) is 19.8 Å². The van der Waals surface area contributed by atoms with Gasteiger partial charge in [-0.15, -0.1) is 10.2 Å². The van der Waals surface area contributed by atoms with E-state index in [0.717, 1.165) is 33.4 Å². The Morgan fingerprint density at radius 1 is 0.939 bits per heavy atom. The smallest absolute Gasteiger partial charge is 0.247 e. The van der Waals surface area contributed by atoms with Gasteiger partial charge in [-0.2, -0.15) is 0 Å². The monoisotopic (exact) mass is 442 g/mol. The number of nitrogens with one attached hydrogen (secondary N) is 1. The van der Waals surface area contributed by atoms with Crippen LogP contribution in [0.25, 0.3) is 22.6 Å². The van der Waals surface area contributed by atoms with Gasteiger partial charge in [0.25, 0.3) is 0 Å². The summed E-state index contributed by atoms with van der Waals surface area (Å²) >= 11 is 0. The summed E-state index contributed by atoms with van der Waals surface area (Å²) in [5.74, 6) is 0.671. The molecule has 7 heteroatoms. The number of amides is 2. The molecular formula is C26H26N4O3.